The number of benzene rings is 4. The van der Waals surface area contributed by atoms with E-state index in [2.05, 4.69) is 26.3 Å². The maximum atomic E-state index is 13.3. The van der Waals surface area contributed by atoms with Crippen LogP contribution in [0.3, 0.4) is 0 Å². The first-order valence-electron chi connectivity index (χ1n) is 19.2. The van der Waals surface area contributed by atoms with E-state index in [4.69, 9.17) is 37.9 Å². The first kappa shape index (κ1) is 45.3. The molecule has 0 bridgehead atoms. The standard InChI is InChI=1S/C48H44O14/c1-8-43(49)57-26-35(59-45(51)10-3)24-55-41-18-12-31(20-28(41)5)47(53)61-33-14-16-37-38-17-15-34(23-40(38)30(7)39(37)22-33)62-48(54)32-13-19-42(29(6)21-32)56-25-36(60-46(52)11-4)27-58-44(50)9-2/h8-23,30,35-36H,1-4,24-27H2,5-7H3. The number of ether oxygens (including phenoxy) is 8. The van der Waals surface area contributed by atoms with E-state index in [-0.39, 0.29) is 43.5 Å². The maximum Gasteiger partial charge on any atom is 0.343 e. The number of fused-ring (bicyclic) bond motifs is 3. The van der Waals surface area contributed by atoms with Crippen LogP contribution >= 0.6 is 0 Å². The summed E-state index contributed by atoms with van der Waals surface area (Å²) in [4.78, 5) is 73.1. The zero-order valence-electron chi connectivity index (χ0n) is 34.3. The van der Waals surface area contributed by atoms with Crippen LogP contribution < -0.4 is 18.9 Å². The van der Waals surface area contributed by atoms with Gasteiger partial charge in [-0.15, -0.1) is 0 Å². The van der Waals surface area contributed by atoms with Crippen LogP contribution in [0.25, 0.3) is 11.1 Å². The number of hydrogen-bond donors (Lipinski definition) is 0. The number of carbonyl (C=O) groups excluding carboxylic acids is 6. The smallest absolute Gasteiger partial charge is 0.343 e. The molecule has 0 N–H and O–H groups in total. The molecule has 0 heterocycles. The van der Waals surface area contributed by atoms with Gasteiger partial charge in [0.15, 0.2) is 12.2 Å². The van der Waals surface area contributed by atoms with Crippen molar-refractivity contribution in [3.63, 3.8) is 0 Å². The maximum absolute atomic E-state index is 13.3. The fraction of sp³-hybridized carbons (Fsp3) is 0.208. The molecule has 5 rings (SSSR count). The van der Waals surface area contributed by atoms with E-state index in [1.165, 1.54) is 0 Å². The van der Waals surface area contributed by atoms with Gasteiger partial charge < -0.3 is 37.9 Å². The minimum atomic E-state index is -0.922. The second-order valence-corrected chi connectivity index (χ2v) is 13.8. The van der Waals surface area contributed by atoms with Crippen LogP contribution in [0.2, 0.25) is 0 Å². The van der Waals surface area contributed by atoms with Gasteiger partial charge in [0.25, 0.3) is 0 Å². The van der Waals surface area contributed by atoms with Crippen LogP contribution in [0.15, 0.2) is 123 Å². The molecule has 0 saturated carbocycles. The zero-order valence-corrected chi connectivity index (χ0v) is 34.3. The lowest BCUT2D eigenvalue weighted by Gasteiger charge is -2.18. The number of esters is 6. The summed E-state index contributed by atoms with van der Waals surface area (Å²) in [6.45, 7) is 18.1. The average molecular weight is 845 g/mol. The molecular formula is C48H44O14. The summed E-state index contributed by atoms with van der Waals surface area (Å²) in [6.07, 6.45) is 2.10. The molecule has 0 radical (unpaired) electrons. The molecular weight excluding hydrogens is 801 g/mol. The Morgan fingerprint density at radius 1 is 0.532 bits per heavy atom. The molecule has 0 spiro atoms. The average Bonchev–Trinajstić information content (AvgIpc) is 3.54. The van der Waals surface area contributed by atoms with Crippen LogP contribution in [0, 0.1) is 13.8 Å². The third kappa shape index (κ3) is 11.7. The third-order valence-corrected chi connectivity index (χ3v) is 9.42. The van der Waals surface area contributed by atoms with Crippen molar-refractivity contribution in [3.05, 3.63) is 157 Å². The Morgan fingerprint density at radius 2 is 0.919 bits per heavy atom. The van der Waals surface area contributed by atoms with Gasteiger partial charge in [-0.25, -0.2) is 28.8 Å². The van der Waals surface area contributed by atoms with Crippen molar-refractivity contribution < 1.29 is 66.7 Å². The Labute approximate surface area is 357 Å². The Balaban J connectivity index is 1.19. The van der Waals surface area contributed by atoms with Crippen molar-refractivity contribution in [2.45, 2.75) is 38.9 Å². The van der Waals surface area contributed by atoms with E-state index in [9.17, 15) is 28.8 Å². The molecule has 0 aliphatic heterocycles. The van der Waals surface area contributed by atoms with Gasteiger partial charge in [-0.3, -0.25) is 0 Å². The number of aryl methyl sites for hydroxylation is 2. The molecule has 0 fully saturated rings. The second-order valence-electron chi connectivity index (χ2n) is 13.8. The van der Waals surface area contributed by atoms with E-state index in [0.717, 1.165) is 46.6 Å². The zero-order chi connectivity index (χ0) is 44.9. The first-order chi connectivity index (χ1) is 29.7. The fourth-order valence-corrected chi connectivity index (χ4v) is 6.28. The highest BCUT2D eigenvalue weighted by molar-refractivity contribution is 5.93. The van der Waals surface area contributed by atoms with Crippen LogP contribution in [0.4, 0.5) is 0 Å². The van der Waals surface area contributed by atoms with E-state index in [0.29, 0.717) is 34.1 Å². The lowest BCUT2D eigenvalue weighted by molar-refractivity contribution is -0.154. The van der Waals surface area contributed by atoms with E-state index < -0.39 is 48.0 Å². The molecule has 2 atom stereocenters. The summed E-state index contributed by atoms with van der Waals surface area (Å²) >= 11 is 0. The van der Waals surface area contributed by atoms with Gasteiger partial charge in [-0.1, -0.05) is 45.4 Å². The third-order valence-electron chi connectivity index (χ3n) is 9.42. The molecule has 14 heteroatoms. The largest absolute Gasteiger partial charge is 0.489 e. The lowest BCUT2D eigenvalue weighted by atomic mass is 9.99. The molecule has 62 heavy (non-hydrogen) atoms. The predicted octanol–water partition coefficient (Wildman–Crippen LogP) is 7.29. The molecule has 1 aliphatic rings. The van der Waals surface area contributed by atoms with Crippen LogP contribution in [-0.4, -0.2) is 74.5 Å². The summed E-state index contributed by atoms with van der Waals surface area (Å²) in [5.74, 6) is -2.61. The number of rotatable bonds is 20. The normalized spacial score (nSPS) is 13.0. The van der Waals surface area contributed by atoms with Gasteiger partial charge in [0.1, 0.15) is 49.4 Å². The molecule has 1 aliphatic carbocycles. The monoisotopic (exact) mass is 844 g/mol. The van der Waals surface area contributed by atoms with Gasteiger partial charge in [0.2, 0.25) is 0 Å². The van der Waals surface area contributed by atoms with Gasteiger partial charge in [-0.05, 0) is 108 Å². The highest BCUT2D eigenvalue weighted by Gasteiger charge is 2.28. The first-order valence-corrected chi connectivity index (χ1v) is 19.2. The topological polar surface area (TPSA) is 176 Å². The van der Waals surface area contributed by atoms with E-state index in [1.54, 1.807) is 62.4 Å². The molecule has 0 amide bonds. The number of hydrogen-bond acceptors (Lipinski definition) is 14. The predicted molar refractivity (Wildman–Crippen MR) is 225 cm³/mol. The second kappa shape index (κ2) is 21.0. The van der Waals surface area contributed by atoms with Crippen molar-refractivity contribution in [3.8, 4) is 34.1 Å². The van der Waals surface area contributed by atoms with Crippen molar-refractivity contribution in [1.82, 2.24) is 0 Å². The molecule has 0 saturated heterocycles. The van der Waals surface area contributed by atoms with Gasteiger partial charge >= 0.3 is 35.8 Å². The van der Waals surface area contributed by atoms with Gasteiger partial charge in [0.05, 0.1) is 11.1 Å². The molecule has 4 aromatic rings. The Bertz CT molecular complexity index is 2260. The minimum absolute atomic E-state index is 0.126. The summed E-state index contributed by atoms with van der Waals surface area (Å²) in [5.41, 5.74) is 5.50. The SMILES string of the molecule is C=CC(=O)OCC(COc1ccc(C(=O)Oc2ccc3c(c2)C(C)c2cc(OC(=O)c4ccc(OCC(COC(=O)C=C)OC(=O)C=C)c(C)c4)ccc2-3)cc1C)OC(=O)C=C. The summed E-state index contributed by atoms with van der Waals surface area (Å²) in [7, 11) is 0. The molecule has 0 aromatic heterocycles. The highest BCUT2D eigenvalue weighted by atomic mass is 16.6. The Hall–Kier alpha value is -7.74. The van der Waals surface area contributed by atoms with E-state index >= 15 is 0 Å². The molecule has 14 nitrogen and oxygen atoms in total. The summed E-state index contributed by atoms with van der Waals surface area (Å²) in [6, 6.07) is 20.3. The van der Waals surface area contributed by atoms with Crippen molar-refractivity contribution >= 4 is 35.8 Å². The molecule has 320 valence electrons. The van der Waals surface area contributed by atoms with Crippen LogP contribution in [0.1, 0.15) is 55.8 Å². The van der Waals surface area contributed by atoms with Gasteiger partial charge in [-0.2, -0.15) is 0 Å². The molecule has 2 unspecified atom stereocenters. The highest BCUT2D eigenvalue weighted by Crippen LogP contribution is 2.47. The number of carbonyl (C=O) groups is 6. The van der Waals surface area contributed by atoms with Crippen LogP contribution in [-0.2, 0) is 38.1 Å². The van der Waals surface area contributed by atoms with E-state index in [1.807, 2.05) is 31.2 Å². The van der Waals surface area contributed by atoms with Crippen molar-refractivity contribution in [2.24, 2.45) is 0 Å². The minimum Gasteiger partial charge on any atom is -0.489 e. The van der Waals surface area contributed by atoms with Gasteiger partial charge in [0, 0.05) is 30.2 Å². The van der Waals surface area contributed by atoms with Crippen LogP contribution in [0.5, 0.6) is 23.0 Å². The van der Waals surface area contributed by atoms with Crippen molar-refractivity contribution in [2.75, 3.05) is 26.4 Å². The Morgan fingerprint density at radius 3 is 1.27 bits per heavy atom. The Kier molecular flexibility index (Phi) is 15.3. The lowest BCUT2D eigenvalue weighted by Crippen LogP contribution is -2.30. The summed E-state index contributed by atoms with van der Waals surface area (Å²) in [5, 5.41) is 0. The quantitative estimate of drug-likeness (QED) is 0.0375. The van der Waals surface area contributed by atoms with Crippen molar-refractivity contribution in [1.29, 1.82) is 0 Å². The fourth-order valence-electron chi connectivity index (χ4n) is 6.28. The summed E-state index contributed by atoms with van der Waals surface area (Å²) < 4.78 is 43.6. The molecule has 4 aromatic carbocycles.